The molecule has 0 spiro atoms. The van der Waals surface area contributed by atoms with Crippen LogP contribution in [0.15, 0.2) is 0 Å². The first kappa shape index (κ1) is 16.5. The summed E-state index contributed by atoms with van der Waals surface area (Å²) in [5.41, 5.74) is 2.25. The molecule has 0 saturated carbocycles. The van der Waals surface area contributed by atoms with Crippen LogP contribution in [0.1, 0.15) is 27.2 Å². The lowest BCUT2D eigenvalue weighted by molar-refractivity contribution is 0.772. The molecule has 0 aromatic carbocycles. The van der Waals surface area contributed by atoms with Gasteiger partial charge in [0.25, 0.3) is 0 Å². The van der Waals surface area contributed by atoms with Crippen LogP contribution in [0.25, 0.3) is 0 Å². The Morgan fingerprint density at radius 3 is 1.50 bits per heavy atom. The highest BCUT2D eigenvalue weighted by Gasteiger charge is 1.64. The molecule has 0 amide bonds. The van der Waals surface area contributed by atoms with E-state index in [2.05, 4.69) is 23.5 Å². The maximum Gasteiger partial charge on any atom is -0.00172 e. The molecule has 66 valence electrons. The van der Waals surface area contributed by atoms with Gasteiger partial charge in [-0.15, -0.1) is 0 Å². The second-order valence-corrected chi connectivity index (χ2v) is 1.39. The van der Waals surface area contributed by atoms with Crippen LogP contribution in [0.4, 0.5) is 0 Å². The molecule has 3 heteroatoms. The first-order chi connectivity index (χ1) is 4.83. The zero-order valence-corrected chi connectivity index (χ0v) is 7.99. The highest BCUT2D eigenvalue weighted by atomic mass is 15.2. The number of hydrogen-bond donors (Lipinski definition) is 3. The Hall–Kier alpha value is -0.120. The molecule has 0 saturated heterocycles. The van der Waals surface area contributed by atoms with Crippen molar-refractivity contribution in [3.05, 3.63) is 0 Å². The van der Waals surface area contributed by atoms with Gasteiger partial charge in [0.15, 0.2) is 0 Å². The lowest BCUT2D eigenvalue weighted by atomic mass is 10.5. The van der Waals surface area contributed by atoms with Crippen molar-refractivity contribution in [2.45, 2.75) is 27.2 Å². The summed E-state index contributed by atoms with van der Waals surface area (Å²) in [5, 5.41) is 3.02. The molecule has 0 aliphatic carbocycles. The van der Waals surface area contributed by atoms with Crippen molar-refractivity contribution < 1.29 is 0 Å². The standard InChI is InChI=1S/C4H11N.C2H6.CH6N2/c1-3-4-5-2;1-2;1-3-2/h5H,3-4H2,1-2H3;1-2H3;3H,2H2,1H3. The minimum Gasteiger partial charge on any atom is -0.320 e. The van der Waals surface area contributed by atoms with E-state index in [4.69, 9.17) is 0 Å². The van der Waals surface area contributed by atoms with Crippen LogP contribution in [-0.2, 0) is 0 Å². The number of hydrazine groups is 1. The smallest absolute Gasteiger partial charge is 0.00172 e. The average molecular weight is 149 g/mol. The van der Waals surface area contributed by atoms with Crippen molar-refractivity contribution >= 4 is 0 Å². The molecule has 0 aromatic rings. The zero-order chi connectivity index (χ0) is 8.83. The third-order valence-corrected chi connectivity index (χ3v) is 0.500. The molecule has 0 unspecified atom stereocenters. The van der Waals surface area contributed by atoms with E-state index < -0.39 is 0 Å². The zero-order valence-electron chi connectivity index (χ0n) is 7.99. The minimum absolute atomic E-state index is 1.14. The summed E-state index contributed by atoms with van der Waals surface area (Å²) in [7, 11) is 3.61. The van der Waals surface area contributed by atoms with Crippen LogP contribution in [-0.4, -0.2) is 20.6 Å². The first-order valence-electron chi connectivity index (χ1n) is 3.85. The second kappa shape index (κ2) is 36.6. The summed E-state index contributed by atoms with van der Waals surface area (Å²) in [6.07, 6.45) is 1.23. The number of nitrogens with two attached hydrogens (primary N) is 1. The van der Waals surface area contributed by atoms with Gasteiger partial charge in [-0.3, -0.25) is 11.3 Å². The quantitative estimate of drug-likeness (QED) is 0.400. The van der Waals surface area contributed by atoms with E-state index in [0.29, 0.717) is 0 Å². The highest BCUT2D eigenvalue weighted by Crippen LogP contribution is 1.62. The molecule has 3 nitrogen and oxygen atoms in total. The Morgan fingerprint density at radius 2 is 1.50 bits per heavy atom. The van der Waals surface area contributed by atoms with Crippen LogP contribution < -0.4 is 16.6 Å². The van der Waals surface area contributed by atoms with Crippen LogP contribution in [0.3, 0.4) is 0 Å². The van der Waals surface area contributed by atoms with E-state index in [1.165, 1.54) is 6.42 Å². The van der Waals surface area contributed by atoms with E-state index in [9.17, 15) is 0 Å². The summed E-state index contributed by atoms with van der Waals surface area (Å²) >= 11 is 0. The Balaban J connectivity index is -0.0000000847. The van der Waals surface area contributed by atoms with E-state index in [-0.39, 0.29) is 0 Å². The molecule has 0 rings (SSSR count). The summed E-state index contributed by atoms with van der Waals surface area (Å²) in [5.74, 6) is 4.60. The third-order valence-electron chi connectivity index (χ3n) is 0.500. The largest absolute Gasteiger partial charge is 0.320 e. The highest BCUT2D eigenvalue weighted by molar-refractivity contribution is 4.28. The van der Waals surface area contributed by atoms with Crippen molar-refractivity contribution in [2.24, 2.45) is 5.84 Å². The lowest BCUT2D eigenvalue weighted by Crippen LogP contribution is -2.13. The molecule has 0 aliphatic rings. The normalized spacial score (nSPS) is 6.60. The molecule has 0 aliphatic heterocycles. The fraction of sp³-hybridized carbons (Fsp3) is 1.00. The van der Waals surface area contributed by atoms with Crippen molar-refractivity contribution in [2.75, 3.05) is 20.6 Å². The summed E-state index contributed by atoms with van der Waals surface area (Å²) in [4.78, 5) is 0. The summed E-state index contributed by atoms with van der Waals surface area (Å²) in [6, 6.07) is 0. The van der Waals surface area contributed by atoms with Crippen LogP contribution in [0.5, 0.6) is 0 Å². The van der Waals surface area contributed by atoms with Crippen molar-refractivity contribution in [3.63, 3.8) is 0 Å². The van der Waals surface area contributed by atoms with Gasteiger partial charge in [-0.1, -0.05) is 20.8 Å². The lowest BCUT2D eigenvalue weighted by Gasteiger charge is -1.84. The third kappa shape index (κ3) is 106. The monoisotopic (exact) mass is 149 g/mol. The molecule has 0 aromatic heterocycles. The second-order valence-electron chi connectivity index (χ2n) is 1.39. The van der Waals surface area contributed by atoms with Crippen LogP contribution >= 0.6 is 0 Å². The maximum atomic E-state index is 4.60. The van der Waals surface area contributed by atoms with Gasteiger partial charge in [0.2, 0.25) is 0 Å². The predicted octanol–water partition coefficient (Wildman–Crippen LogP) is 0.722. The van der Waals surface area contributed by atoms with E-state index in [1.54, 1.807) is 7.05 Å². The Morgan fingerprint density at radius 1 is 1.20 bits per heavy atom. The Kier molecular flexibility index (Phi) is 60.3. The molecule has 0 heterocycles. The van der Waals surface area contributed by atoms with E-state index in [1.807, 2.05) is 20.9 Å². The summed E-state index contributed by atoms with van der Waals surface area (Å²) in [6.45, 7) is 7.29. The maximum absolute atomic E-state index is 4.60. The molecule has 0 radical (unpaired) electrons. The van der Waals surface area contributed by atoms with Gasteiger partial charge in [-0.25, -0.2) is 0 Å². The van der Waals surface area contributed by atoms with Gasteiger partial charge in [-0.2, -0.15) is 0 Å². The Bertz CT molecular complexity index is 22.8. The minimum atomic E-state index is 1.14. The molecule has 4 N–H and O–H groups in total. The average Bonchev–Trinajstić information content (AvgIpc) is 1.96. The number of hydrogen-bond acceptors (Lipinski definition) is 3. The molecular weight excluding hydrogens is 126 g/mol. The summed E-state index contributed by atoms with van der Waals surface area (Å²) < 4.78 is 0. The number of nitrogens with one attached hydrogen (secondary N) is 2. The van der Waals surface area contributed by atoms with Crippen LogP contribution in [0.2, 0.25) is 0 Å². The first-order valence-corrected chi connectivity index (χ1v) is 3.85. The van der Waals surface area contributed by atoms with Gasteiger partial charge in [0, 0.05) is 0 Å². The molecular formula is C7H23N3. The van der Waals surface area contributed by atoms with Gasteiger partial charge in [0.1, 0.15) is 0 Å². The van der Waals surface area contributed by atoms with Crippen LogP contribution in [0, 0.1) is 0 Å². The van der Waals surface area contributed by atoms with Gasteiger partial charge in [0.05, 0.1) is 0 Å². The molecule has 0 fully saturated rings. The van der Waals surface area contributed by atoms with Gasteiger partial charge in [-0.05, 0) is 27.1 Å². The van der Waals surface area contributed by atoms with Crippen molar-refractivity contribution in [3.8, 4) is 0 Å². The fourth-order valence-corrected chi connectivity index (χ4v) is 0.250. The predicted molar refractivity (Wildman–Crippen MR) is 48.8 cm³/mol. The molecule has 10 heavy (non-hydrogen) atoms. The van der Waals surface area contributed by atoms with Crippen molar-refractivity contribution in [1.29, 1.82) is 0 Å². The van der Waals surface area contributed by atoms with Crippen molar-refractivity contribution in [1.82, 2.24) is 10.7 Å². The van der Waals surface area contributed by atoms with E-state index >= 15 is 0 Å². The Labute approximate surface area is 65.4 Å². The van der Waals surface area contributed by atoms with E-state index in [0.717, 1.165) is 6.54 Å². The number of rotatable bonds is 2. The molecule has 0 bridgehead atoms. The fourth-order valence-electron chi connectivity index (χ4n) is 0.250. The topological polar surface area (TPSA) is 50.1 Å². The van der Waals surface area contributed by atoms with Gasteiger partial charge >= 0.3 is 0 Å². The molecule has 0 atom stereocenters. The van der Waals surface area contributed by atoms with Gasteiger partial charge < -0.3 is 5.32 Å². The SMILES string of the molecule is CC.CCCNC.CNN.